The van der Waals surface area contributed by atoms with Gasteiger partial charge in [0.25, 0.3) is 0 Å². The minimum atomic E-state index is 0.386. The summed E-state index contributed by atoms with van der Waals surface area (Å²) in [5.41, 5.74) is 0. The van der Waals surface area contributed by atoms with Crippen LogP contribution in [-0.2, 0) is 11.8 Å². The highest BCUT2D eigenvalue weighted by atomic mass is 32.2. The van der Waals surface area contributed by atoms with E-state index in [1.165, 1.54) is 12.8 Å². The third-order valence-corrected chi connectivity index (χ3v) is 3.92. The van der Waals surface area contributed by atoms with E-state index in [2.05, 4.69) is 27.8 Å². The number of thioether (sulfide) groups is 1. The molecule has 96 valence electrons. The van der Waals surface area contributed by atoms with E-state index in [1.54, 1.807) is 16.4 Å². The van der Waals surface area contributed by atoms with Crippen LogP contribution < -0.4 is 5.32 Å². The van der Waals surface area contributed by atoms with E-state index in [0.717, 1.165) is 24.1 Å². The van der Waals surface area contributed by atoms with E-state index in [-0.39, 0.29) is 0 Å². The van der Waals surface area contributed by atoms with Crippen molar-refractivity contribution in [3.05, 3.63) is 0 Å². The second-order valence-corrected chi connectivity index (χ2v) is 5.29. The van der Waals surface area contributed by atoms with Gasteiger partial charge in [-0.2, -0.15) is 0 Å². The van der Waals surface area contributed by atoms with Crippen LogP contribution in [0.2, 0.25) is 0 Å². The van der Waals surface area contributed by atoms with Crippen LogP contribution in [0.1, 0.15) is 19.8 Å². The van der Waals surface area contributed by atoms with Crippen molar-refractivity contribution in [3.63, 3.8) is 0 Å². The molecule has 1 aliphatic heterocycles. The molecule has 1 aromatic heterocycles. The number of tetrazole rings is 1. The molecule has 1 saturated heterocycles. The predicted octanol–water partition coefficient (Wildman–Crippen LogP) is 0.459. The van der Waals surface area contributed by atoms with Gasteiger partial charge in [0.15, 0.2) is 0 Å². The second kappa shape index (κ2) is 6.32. The maximum absolute atomic E-state index is 5.63. The molecular formula is C10H19N5OS. The van der Waals surface area contributed by atoms with Gasteiger partial charge < -0.3 is 10.1 Å². The van der Waals surface area contributed by atoms with Gasteiger partial charge in [0.1, 0.15) is 0 Å². The number of nitrogens with one attached hydrogen (secondary N) is 1. The molecule has 1 N–H and O–H groups in total. The number of aryl methyl sites for hydroxylation is 1. The molecule has 17 heavy (non-hydrogen) atoms. The zero-order valence-corrected chi connectivity index (χ0v) is 11.1. The molecule has 1 aliphatic rings. The van der Waals surface area contributed by atoms with Crippen molar-refractivity contribution < 1.29 is 4.74 Å². The summed E-state index contributed by atoms with van der Waals surface area (Å²) in [6.45, 7) is 4.04. The summed E-state index contributed by atoms with van der Waals surface area (Å²) in [5.74, 6) is 0.964. The lowest BCUT2D eigenvalue weighted by atomic mass is 10.1. The molecule has 0 bridgehead atoms. The average molecular weight is 257 g/mol. The molecule has 1 fully saturated rings. The highest BCUT2D eigenvalue weighted by Gasteiger charge is 2.21. The van der Waals surface area contributed by atoms with Crippen LogP contribution in [0.4, 0.5) is 0 Å². The molecule has 0 aromatic carbocycles. The van der Waals surface area contributed by atoms with Gasteiger partial charge in [0, 0.05) is 32.0 Å². The molecule has 0 aliphatic carbocycles. The van der Waals surface area contributed by atoms with E-state index in [1.807, 2.05) is 7.05 Å². The van der Waals surface area contributed by atoms with Crippen molar-refractivity contribution in [3.8, 4) is 0 Å². The van der Waals surface area contributed by atoms with Crippen molar-refractivity contribution >= 4 is 11.8 Å². The molecule has 2 rings (SSSR count). The van der Waals surface area contributed by atoms with Crippen LogP contribution in [0.15, 0.2) is 5.16 Å². The molecule has 2 unspecified atom stereocenters. The lowest BCUT2D eigenvalue weighted by molar-refractivity contribution is 0.0844. The largest absolute Gasteiger partial charge is 0.377 e. The number of hydrogen-bond acceptors (Lipinski definition) is 6. The number of nitrogens with zero attached hydrogens (tertiary/aromatic N) is 4. The number of rotatable bonds is 6. The molecule has 6 nitrogen and oxygen atoms in total. The average Bonchev–Trinajstić information content (AvgIpc) is 2.96. The normalized spacial score (nSPS) is 21.9. The number of ether oxygens (including phenoxy) is 1. The standard InChI is InChI=1S/C10H19N5OS/c1-8(9-4-3-6-16-9)11-5-7-17-10-12-13-14-15(10)2/h8-9,11H,3-7H2,1-2H3. The third kappa shape index (κ3) is 3.65. The first-order valence-corrected chi connectivity index (χ1v) is 6.96. The molecule has 0 radical (unpaired) electrons. The van der Waals surface area contributed by atoms with E-state index in [9.17, 15) is 0 Å². The van der Waals surface area contributed by atoms with Crippen LogP contribution >= 0.6 is 11.8 Å². The zero-order chi connectivity index (χ0) is 12.1. The summed E-state index contributed by atoms with van der Waals surface area (Å²) in [5, 5.41) is 15.7. The van der Waals surface area contributed by atoms with Crippen LogP contribution in [0.5, 0.6) is 0 Å². The first-order valence-electron chi connectivity index (χ1n) is 5.97. The minimum absolute atomic E-state index is 0.386. The molecule has 1 aromatic rings. The first kappa shape index (κ1) is 12.8. The lowest BCUT2D eigenvalue weighted by Crippen LogP contribution is -2.38. The fraction of sp³-hybridized carbons (Fsp3) is 0.900. The van der Waals surface area contributed by atoms with Gasteiger partial charge in [0.2, 0.25) is 5.16 Å². The van der Waals surface area contributed by atoms with E-state index < -0.39 is 0 Å². The molecule has 7 heteroatoms. The maximum atomic E-state index is 5.63. The van der Waals surface area contributed by atoms with E-state index in [0.29, 0.717) is 12.1 Å². The molecular weight excluding hydrogens is 238 g/mol. The topological polar surface area (TPSA) is 64.9 Å². The fourth-order valence-electron chi connectivity index (χ4n) is 1.90. The minimum Gasteiger partial charge on any atom is -0.377 e. The summed E-state index contributed by atoms with van der Waals surface area (Å²) < 4.78 is 7.32. The van der Waals surface area contributed by atoms with Crippen LogP contribution in [0.25, 0.3) is 0 Å². The van der Waals surface area contributed by atoms with Crippen LogP contribution in [-0.4, -0.2) is 51.3 Å². The van der Waals surface area contributed by atoms with Gasteiger partial charge in [-0.1, -0.05) is 11.8 Å². The zero-order valence-electron chi connectivity index (χ0n) is 10.3. The Bertz CT molecular complexity index is 339. The van der Waals surface area contributed by atoms with E-state index in [4.69, 9.17) is 4.74 Å². The predicted molar refractivity (Wildman–Crippen MR) is 66.0 cm³/mol. The van der Waals surface area contributed by atoms with Gasteiger partial charge in [-0.15, -0.1) is 5.10 Å². The summed E-state index contributed by atoms with van der Waals surface area (Å²) in [6.07, 6.45) is 2.75. The van der Waals surface area contributed by atoms with Crippen molar-refractivity contribution in [2.75, 3.05) is 18.9 Å². The highest BCUT2D eigenvalue weighted by Crippen LogP contribution is 2.16. The fourth-order valence-corrected chi connectivity index (χ4v) is 2.62. The van der Waals surface area contributed by atoms with Gasteiger partial charge >= 0.3 is 0 Å². The van der Waals surface area contributed by atoms with Crippen molar-refractivity contribution in [1.29, 1.82) is 0 Å². The Labute approximate surface area is 105 Å². The maximum Gasteiger partial charge on any atom is 0.209 e. The molecule has 0 saturated carbocycles. The summed E-state index contributed by atoms with van der Waals surface area (Å²) >= 11 is 1.66. The van der Waals surface area contributed by atoms with Gasteiger partial charge in [-0.25, -0.2) is 4.68 Å². The highest BCUT2D eigenvalue weighted by molar-refractivity contribution is 7.99. The SMILES string of the molecule is CC(NCCSc1nnnn1C)C1CCCO1. The Morgan fingerprint density at radius 2 is 2.53 bits per heavy atom. The van der Waals surface area contributed by atoms with Crippen molar-refractivity contribution in [2.24, 2.45) is 7.05 Å². The van der Waals surface area contributed by atoms with Gasteiger partial charge in [-0.3, -0.25) is 0 Å². The summed E-state index contributed by atoms with van der Waals surface area (Å²) in [7, 11) is 1.85. The van der Waals surface area contributed by atoms with Crippen LogP contribution in [0, 0.1) is 0 Å². The van der Waals surface area contributed by atoms with Crippen molar-refractivity contribution in [2.45, 2.75) is 37.1 Å². The second-order valence-electron chi connectivity index (χ2n) is 4.23. The Hall–Kier alpha value is -0.660. The molecule has 0 spiro atoms. The Morgan fingerprint density at radius 1 is 1.65 bits per heavy atom. The molecule has 0 amide bonds. The Kier molecular flexibility index (Phi) is 4.75. The smallest absolute Gasteiger partial charge is 0.209 e. The van der Waals surface area contributed by atoms with Gasteiger partial charge in [0.05, 0.1) is 6.10 Å². The molecule has 2 heterocycles. The van der Waals surface area contributed by atoms with E-state index >= 15 is 0 Å². The van der Waals surface area contributed by atoms with Crippen LogP contribution in [0.3, 0.4) is 0 Å². The first-order chi connectivity index (χ1) is 8.27. The summed E-state index contributed by atoms with van der Waals surface area (Å²) in [4.78, 5) is 0. The van der Waals surface area contributed by atoms with Gasteiger partial charge in [-0.05, 0) is 30.2 Å². The number of hydrogen-bond donors (Lipinski definition) is 1. The Balaban J connectivity index is 1.61. The number of aromatic nitrogens is 4. The van der Waals surface area contributed by atoms with Crippen molar-refractivity contribution in [1.82, 2.24) is 25.5 Å². The molecule has 2 atom stereocenters. The lowest BCUT2D eigenvalue weighted by Gasteiger charge is -2.19. The Morgan fingerprint density at radius 3 is 3.18 bits per heavy atom. The monoisotopic (exact) mass is 257 g/mol. The summed E-state index contributed by atoms with van der Waals surface area (Å²) in [6, 6.07) is 0.427. The third-order valence-electron chi connectivity index (χ3n) is 2.90. The quantitative estimate of drug-likeness (QED) is 0.590.